The van der Waals surface area contributed by atoms with Crippen molar-refractivity contribution in [2.75, 3.05) is 12.4 Å². The topological polar surface area (TPSA) is 92.5 Å². The quantitative estimate of drug-likeness (QED) is 0.450. The van der Waals surface area contributed by atoms with Crippen molar-refractivity contribution in [1.29, 1.82) is 0 Å². The van der Waals surface area contributed by atoms with Crippen molar-refractivity contribution in [2.24, 2.45) is 0 Å². The van der Waals surface area contributed by atoms with Gasteiger partial charge in [0, 0.05) is 29.7 Å². The van der Waals surface area contributed by atoms with Gasteiger partial charge in [-0.25, -0.2) is 0 Å². The van der Waals surface area contributed by atoms with Crippen molar-refractivity contribution in [2.45, 2.75) is 24.3 Å². The molecule has 0 bridgehead atoms. The molecular formula is C12H16N2O4S. The van der Waals surface area contributed by atoms with E-state index in [4.69, 9.17) is 5.11 Å². The van der Waals surface area contributed by atoms with Crippen molar-refractivity contribution in [3.63, 3.8) is 0 Å². The molecule has 1 aromatic carbocycles. The van der Waals surface area contributed by atoms with Gasteiger partial charge in [-0.05, 0) is 25.5 Å². The standard InChI is InChI=1S/C12H16N2O4S/c1-9(6-7-15)13-12(16)8-19-11-4-2-10(3-5-11)14(17)18/h2-5,9,15H,6-8H2,1H3,(H,13,16). The van der Waals surface area contributed by atoms with Crippen molar-refractivity contribution >= 4 is 23.4 Å². The fraction of sp³-hybridized carbons (Fsp3) is 0.417. The highest BCUT2D eigenvalue weighted by Gasteiger charge is 2.08. The van der Waals surface area contributed by atoms with Crippen LogP contribution in [0.3, 0.4) is 0 Å². The minimum absolute atomic E-state index is 0.0327. The van der Waals surface area contributed by atoms with Crippen molar-refractivity contribution < 1.29 is 14.8 Å². The fourth-order valence-corrected chi connectivity index (χ4v) is 2.10. The number of hydrogen-bond donors (Lipinski definition) is 2. The molecule has 0 aromatic heterocycles. The molecule has 0 spiro atoms. The van der Waals surface area contributed by atoms with Crippen LogP contribution >= 0.6 is 11.8 Å². The van der Waals surface area contributed by atoms with E-state index in [1.54, 1.807) is 12.1 Å². The van der Waals surface area contributed by atoms with Gasteiger partial charge in [0.05, 0.1) is 10.7 Å². The van der Waals surface area contributed by atoms with Crippen molar-refractivity contribution in [3.05, 3.63) is 34.4 Å². The number of nitrogens with zero attached hydrogens (tertiary/aromatic N) is 1. The first-order valence-electron chi connectivity index (χ1n) is 5.80. The van der Waals surface area contributed by atoms with E-state index in [-0.39, 0.29) is 30.0 Å². The Labute approximate surface area is 115 Å². The molecule has 0 fully saturated rings. The summed E-state index contributed by atoms with van der Waals surface area (Å²) in [6.07, 6.45) is 0.522. The SMILES string of the molecule is CC(CCO)NC(=O)CSc1ccc([N+](=O)[O-])cc1. The second-order valence-electron chi connectivity index (χ2n) is 4.02. The molecule has 2 N–H and O–H groups in total. The van der Waals surface area contributed by atoms with Crippen LogP contribution in [-0.4, -0.2) is 34.3 Å². The summed E-state index contributed by atoms with van der Waals surface area (Å²) < 4.78 is 0. The zero-order chi connectivity index (χ0) is 14.3. The predicted octanol–water partition coefficient (Wildman–Crippen LogP) is 1.57. The van der Waals surface area contributed by atoms with Crippen LogP contribution in [-0.2, 0) is 4.79 Å². The number of hydrogen-bond acceptors (Lipinski definition) is 5. The van der Waals surface area contributed by atoms with E-state index in [9.17, 15) is 14.9 Å². The molecule has 0 aliphatic heterocycles. The zero-order valence-corrected chi connectivity index (χ0v) is 11.4. The molecule has 19 heavy (non-hydrogen) atoms. The molecule has 1 unspecified atom stereocenters. The van der Waals surface area contributed by atoms with Crippen LogP contribution in [0.5, 0.6) is 0 Å². The lowest BCUT2D eigenvalue weighted by atomic mass is 10.2. The van der Waals surface area contributed by atoms with E-state index in [2.05, 4.69) is 5.32 Å². The van der Waals surface area contributed by atoms with E-state index in [0.717, 1.165) is 4.90 Å². The lowest BCUT2D eigenvalue weighted by Gasteiger charge is -2.11. The van der Waals surface area contributed by atoms with Crippen molar-refractivity contribution in [1.82, 2.24) is 5.32 Å². The van der Waals surface area contributed by atoms with Gasteiger partial charge in [0.25, 0.3) is 5.69 Å². The maximum Gasteiger partial charge on any atom is 0.269 e. The Hall–Kier alpha value is -1.60. The maximum atomic E-state index is 11.6. The van der Waals surface area contributed by atoms with Gasteiger partial charge in [-0.3, -0.25) is 14.9 Å². The number of carbonyl (C=O) groups is 1. The fourth-order valence-electron chi connectivity index (χ4n) is 1.40. The first-order valence-corrected chi connectivity index (χ1v) is 6.79. The molecule has 104 valence electrons. The number of nitro benzene ring substituents is 1. The number of aliphatic hydroxyl groups excluding tert-OH is 1. The molecule has 0 aliphatic carbocycles. The average Bonchev–Trinajstić information content (AvgIpc) is 2.37. The second-order valence-corrected chi connectivity index (χ2v) is 5.07. The summed E-state index contributed by atoms with van der Waals surface area (Å²) in [5, 5.41) is 21.9. The number of nitro groups is 1. The third-order valence-electron chi connectivity index (χ3n) is 2.39. The number of amides is 1. The van der Waals surface area contributed by atoms with Gasteiger partial charge in [-0.1, -0.05) is 0 Å². The molecule has 0 radical (unpaired) electrons. The van der Waals surface area contributed by atoms with E-state index in [1.807, 2.05) is 6.92 Å². The molecule has 7 heteroatoms. The number of carbonyl (C=O) groups excluding carboxylic acids is 1. The number of rotatable bonds is 7. The molecule has 1 amide bonds. The molecule has 0 heterocycles. The normalized spacial score (nSPS) is 11.9. The van der Waals surface area contributed by atoms with Crippen LogP contribution < -0.4 is 5.32 Å². The first kappa shape index (κ1) is 15.5. The third kappa shape index (κ3) is 5.71. The Morgan fingerprint density at radius 2 is 2.11 bits per heavy atom. The highest BCUT2D eigenvalue weighted by molar-refractivity contribution is 8.00. The summed E-state index contributed by atoms with van der Waals surface area (Å²) >= 11 is 1.31. The molecule has 1 aromatic rings. The van der Waals surface area contributed by atoms with Gasteiger partial charge in [-0.15, -0.1) is 11.8 Å². The summed E-state index contributed by atoms with van der Waals surface area (Å²) in [5.41, 5.74) is 0.0327. The largest absolute Gasteiger partial charge is 0.396 e. The van der Waals surface area contributed by atoms with E-state index in [1.165, 1.54) is 23.9 Å². The van der Waals surface area contributed by atoms with Gasteiger partial charge in [0.1, 0.15) is 0 Å². The van der Waals surface area contributed by atoms with Gasteiger partial charge >= 0.3 is 0 Å². The van der Waals surface area contributed by atoms with E-state index >= 15 is 0 Å². The summed E-state index contributed by atoms with van der Waals surface area (Å²) in [6, 6.07) is 6.00. The highest BCUT2D eigenvalue weighted by Crippen LogP contribution is 2.21. The highest BCUT2D eigenvalue weighted by atomic mass is 32.2. The summed E-state index contributed by atoms with van der Waals surface area (Å²) in [6.45, 7) is 1.86. The summed E-state index contributed by atoms with van der Waals surface area (Å²) in [5.74, 6) is 0.123. The average molecular weight is 284 g/mol. The minimum atomic E-state index is -0.461. The Morgan fingerprint density at radius 1 is 1.47 bits per heavy atom. The van der Waals surface area contributed by atoms with Gasteiger partial charge in [0.2, 0.25) is 5.91 Å². The number of nitrogens with one attached hydrogen (secondary N) is 1. The van der Waals surface area contributed by atoms with Crippen molar-refractivity contribution in [3.8, 4) is 0 Å². The van der Waals surface area contributed by atoms with E-state index in [0.29, 0.717) is 6.42 Å². The summed E-state index contributed by atoms with van der Waals surface area (Å²) in [4.78, 5) is 22.4. The lowest BCUT2D eigenvalue weighted by Crippen LogP contribution is -2.34. The molecule has 0 aliphatic rings. The molecular weight excluding hydrogens is 268 g/mol. The number of benzene rings is 1. The van der Waals surface area contributed by atoms with Gasteiger partial charge in [0.15, 0.2) is 0 Å². The maximum absolute atomic E-state index is 11.6. The van der Waals surface area contributed by atoms with Crippen LogP contribution in [0.4, 0.5) is 5.69 Å². The van der Waals surface area contributed by atoms with Crippen LogP contribution in [0, 0.1) is 10.1 Å². The number of thioether (sulfide) groups is 1. The van der Waals surface area contributed by atoms with Crippen LogP contribution in [0.15, 0.2) is 29.2 Å². The summed E-state index contributed by atoms with van der Waals surface area (Å²) in [7, 11) is 0. The lowest BCUT2D eigenvalue weighted by molar-refractivity contribution is -0.384. The monoisotopic (exact) mass is 284 g/mol. The second kappa shape index (κ2) is 7.75. The molecule has 0 saturated heterocycles. The Morgan fingerprint density at radius 3 is 2.63 bits per heavy atom. The van der Waals surface area contributed by atoms with E-state index < -0.39 is 4.92 Å². The smallest absolute Gasteiger partial charge is 0.269 e. The predicted molar refractivity (Wildman–Crippen MR) is 73.1 cm³/mol. The Kier molecular flexibility index (Phi) is 6.31. The molecule has 1 atom stereocenters. The van der Waals surface area contributed by atoms with Gasteiger partial charge < -0.3 is 10.4 Å². The van der Waals surface area contributed by atoms with Crippen LogP contribution in [0.2, 0.25) is 0 Å². The molecule has 1 rings (SSSR count). The molecule has 6 nitrogen and oxygen atoms in total. The third-order valence-corrected chi connectivity index (χ3v) is 3.40. The van der Waals surface area contributed by atoms with Gasteiger partial charge in [-0.2, -0.15) is 0 Å². The first-order chi connectivity index (χ1) is 9.02. The minimum Gasteiger partial charge on any atom is -0.396 e. The zero-order valence-electron chi connectivity index (χ0n) is 10.5. The van der Waals surface area contributed by atoms with Crippen LogP contribution in [0.1, 0.15) is 13.3 Å². The van der Waals surface area contributed by atoms with Crippen LogP contribution in [0.25, 0.3) is 0 Å². The Bertz CT molecular complexity index is 436. The molecule has 0 saturated carbocycles. The number of non-ortho nitro benzene ring substituents is 1. The Balaban J connectivity index is 2.39. The number of aliphatic hydroxyl groups is 1.